The molecule has 8 nitrogen and oxygen atoms in total. The first-order valence-electron chi connectivity index (χ1n) is 7.04. The summed E-state index contributed by atoms with van der Waals surface area (Å²) in [6.45, 7) is 2.04. The molecule has 0 fully saturated rings. The van der Waals surface area contributed by atoms with E-state index in [1.165, 1.54) is 11.3 Å². The Kier molecular flexibility index (Phi) is 5.75. The predicted molar refractivity (Wildman–Crippen MR) is 86.2 cm³/mol. The molecule has 10 heteroatoms. The summed E-state index contributed by atoms with van der Waals surface area (Å²) in [5, 5.41) is 16.1. The molecule has 2 aromatic heterocycles. The molecule has 3 aromatic rings. The molecule has 2 N–H and O–H groups in total. The monoisotopic (exact) mass is 402 g/mol. The molecule has 1 aromatic carbocycles. The molecule has 114 valence electrons. The Morgan fingerprint density at radius 3 is 2.91 bits per heavy atom. The third-order valence-electron chi connectivity index (χ3n) is 3.16. The van der Waals surface area contributed by atoms with E-state index in [2.05, 4.69) is 19.7 Å². The topological polar surface area (TPSA) is 93.4 Å². The van der Waals surface area contributed by atoms with E-state index in [0.717, 1.165) is 10.7 Å². The quantitative estimate of drug-likeness (QED) is 0.674. The number of amides is 1. The van der Waals surface area contributed by atoms with Crippen molar-refractivity contribution < 1.29 is 9.53 Å². The Bertz CT molecular complexity index is 805. The van der Waals surface area contributed by atoms with Crippen molar-refractivity contribution in [3.05, 3.63) is 41.7 Å². The fourth-order valence-electron chi connectivity index (χ4n) is 2.01. The van der Waals surface area contributed by atoms with E-state index in [0.29, 0.717) is 66.8 Å². The fraction of sp³-hybridized carbons (Fsp3) is 0.231. The summed E-state index contributed by atoms with van der Waals surface area (Å²) >= 11 is 1.74. The number of benzene rings is 1. The molecular weight excluding hydrogens is 390 g/mol. The Labute approximate surface area is 176 Å². The molecule has 0 aliphatic carbocycles. The van der Waals surface area contributed by atoms with Crippen LogP contribution in [0.4, 0.5) is 9.93 Å². The van der Waals surface area contributed by atoms with Crippen LogP contribution in [-0.4, -0.2) is 81.9 Å². The van der Waals surface area contributed by atoms with Crippen LogP contribution >= 0.6 is 11.3 Å². The van der Waals surface area contributed by atoms with Gasteiger partial charge in [0.1, 0.15) is 0 Å². The molecule has 1 amide bonds. The first kappa shape index (κ1) is 17.0. The molecule has 0 aliphatic heterocycles. The average Bonchev–Trinajstić information content (AvgIpc) is 3.13. The molecule has 0 saturated carbocycles. The number of anilines is 1. The van der Waals surface area contributed by atoms with E-state index >= 15 is 0 Å². The number of rotatable bonds is 5. The Balaban J connectivity index is 1.62. The minimum atomic E-state index is -0.502. The van der Waals surface area contributed by atoms with Gasteiger partial charge in [-0.25, -0.2) is 0 Å². The van der Waals surface area contributed by atoms with Gasteiger partial charge in [-0.3, -0.25) is 0 Å². The van der Waals surface area contributed by atoms with Crippen LogP contribution in [0.5, 0.6) is 0 Å². The number of hydrogen-bond donors (Lipinski definition) is 2. The molecule has 0 saturated heterocycles. The van der Waals surface area contributed by atoms with E-state index in [1.807, 2.05) is 37.3 Å². The van der Waals surface area contributed by atoms with Crippen LogP contribution in [0.15, 0.2) is 30.3 Å². The average molecular weight is 403 g/mol. The molecule has 0 bridgehead atoms. The summed E-state index contributed by atoms with van der Waals surface area (Å²) < 4.78 is 10.0. The van der Waals surface area contributed by atoms with Gasteiger partial charge < -0.3 is 0 Å². The first-order chi connectivity index (χ1) is 11.2. The van der Waals surface area contributed by atoms with Gasteiger partial charge in [-0.05, 0) is 0 Å². The summed E-state index contributed by atoms with van der Waals surface area (Å²) in [4.78, 5) is 12.6. The third-order valence-corrected chi connectivity index (χ3v) is 6.13. The van der Waals surface area contributed by atoms with Crippen molar-refractivity contribution in [2.45, 2.75) is 19.6 Å². The van der Waals surface area contributed by atoms with E-state index < -0.39 is 6.09 Å². The number of ether oxygens (including phenoxy) is 1. The molecule has 0 unspecified atom stereocenters. The summed E-state index contributed by atoms with van der Waals surface area (Å²) in [6.07, 6.45) is -0.502. The van der Waals surface area contributed by atoms with Gasteiger partial charge in [-0.15, -0.1) is 0 Å². The third kappa shape index (κ3) is 4.15. The Morgan fingerprint density at radius 2 is 2.17 bits per heavy atom. The Hall–Kier alpha value is -0.875. The summed E-state index contributed by atoms with van der Waals surface area (Å²) in [5.74, 6) is 0.574. The second kappa shape index (κ2) is 7.80. The number of carbonyl (C=O) groups is 1. The van der Waals surface area contributed by atoms with Crippen LogP contribution in [0.3, 0.4) is 0 Å². The maximum atomic E-state index is 11.9. The molecule has 1 atom stereocenters. The summed E-state index contributed by atoms with van der Waals surface area (Å²) in [6, 6.07) is 9.16. The molecule has 23 heavy (non-hydrogen) atoms. The van der Waals surface area contributed by atoms with Crippen molar-refractivity contribution >= 4 is 83.5 Å². The van der Waals surface area contributed by atoms with Gasteiger partial charge >= 0.3 is 160 Å². The molecule has 0 spiro atoms. The first-order valence-corrected chi connectivity index (χ1v) is 10.3. The number of hydrogen-bond acceptors (Lipinski definition) is 7. The van der Waals surface area contributed by atoms with E-state index in [9.17, 15) is 4.79 Å². The van der Waals surface area contributed by atoms with Gasteiger partial charge in [0.15, 0.2) is 0 Å². The van der Waals surface area contributed by atoms with Gasteiger partial charge in [0, 0.05) is 0 Å². The molecule has 0 aliphatic rings. The van der Waals surface area contributed by atoms with Crippen LogP contribution in [0, 0.1) is 0 Å². The van der Waals surface area contributed by atoms with Crippen LogP contribution < -0.4 is 4.38 Å². The van der Waals surface area contributed by atoms with Crippen molar-refractivity contribution in [2.24, 2.45) is 0 Å². The van der Waals surface area contributed by atoms with Crippen molar-refractivity contribution in [3.8, 4) is 0 Å². The molecular formula is C13H13N6O2RbS. The van der Waals surface area contributed by atoms with Crippen LogP contribution in [0.2, 0.25) is 0 Å². The van der Waals surface area contributed by atoms with Gasteiger partial charge in [0.05, 0.1) is 0 Å². The van der Waals surface area contributed by atoms with E-state index in [-0.39, 0.29) is 12.6 Å². The van der Waals surface area contributed by atoms with Crippen molar-refractivity contribution in [1.29, 1.82) is 0 Å². The van der Waals surface area contributed by atoms with Crippen LogP contribution in [-0.2, 0) is 11.3 Å². The molecule has 3 rings (SSSR count). The maximum absolute atomic E-state index is 11.9. The van der Waals surface area contributed by atoms with E-state index in [1.54, 1.807) is 4.52 Å². The summed E-state index contributed by atoms with van der Waals surface area (Å²) in [7, 11) is 0. The van der Waals surface area contributed by atoms with Crippen molar-refractivity contribution in [1.82, 2.24) is 25.1 Å². The van der Waals surface area contributed by atoms with Gasteiger partial charge in [-0.2, -0.15) is 0 Å². The number of aromatic nitrogens is 4. The second-order valence-electron chi connectivity index (χ2n) is 4.84. The number of fused-ring (bicyclic) bond motifs is 1. The SMILES string of the molecule is C[C@@H](NC(=O)OCc1ccccc1)c1nnc2sc([NH][Rb])nn12. The standard InChI is InChI=1S/C13H14N6O2S.Rb/c1-8(10-16-17-12-19(10)18-11(14)22-12)15-13(20)21-7-9-5-3-2-4-6-9;/h2-6,8H,7H2,1H3,(H3,14,15,18,20);/q;+1/p-1/t8-;/m1./s1. The number of alkyl carbamates (subject to hydrolysis) is 1. The number of carbonyl (C=O) groups excluding carboxylic acids is 1. The zero-order valence-corrected chi connectivity index (χ0v) is 18.4. The van der Waals surface area contributed by atoms with Gasteiger partial charge in [-0.1, -0.05) is 18.2 Å². The number of nitrogens with zero attached hydrogens (tertiary/aromatic N) is 4. The normalized spacial score (nSPS) is 12.1. The van der Waals surface area contributed by atoms with Crippen LogP contribution in [0.1, 0.15) is 24.4 Å². The number of nitrogens with one attached hydrogen (secondary N) is 2. The van der Waals surface area contributed by atoms with Crippen molar-refractivity contribution in [3.63, 3.8) is 0 Å². The minimum absolute atomic E-state index is 0.224. The predicted octanol–water partition coefficient (Wildman–Crippen LogP) is 1.67. The fourth-order valence-corrected chi connectivity index (χ4v) is 3.71. The van der Waals surface area contributed by atoms with Gasteiger partial charge in [0.2, 0.25) is 0 Å². The zero-order chi connectivity index (χ0) is 16.2. The van der Waals surface area contributed by atoms with Gasteiger partial charge in [0.25, 0.3) is 0 Å². The van der Waals surface area contributed by atoms with E-state index in [4.69, 9.17) is 4.74 Å². The van der Waals surface area contributed by atoms with Crippen molar-refractivity contribution in [2.75, 3.05) is -0.939 Å². The summed E-state index contributed by atoms with van der Waals surface area (Å²) in [5.41, 5.74) is 0.935. The second-order valence-corrected chi connectivity index (χ2v) is 7.02. The van der Waals surface area contributed by atoms with Crippen LogP contribution in [0.25, 0.3) is 4.96 Å². The molecule has 2 heterocycles. The Morgan fingerprint density at radius 1 is 1.39 bits per heavy atom. The molecule has 0 radical (unpaired) electrons. The zero-order valence-electron chi connectivity index (χ0n) is 12.7.